The van der Waals surface area contributed by atoms with Gasteiger partial charge in [-0.1, -0.05) is 0 Å². The third-order valence-corrected chi connectivity index (χ3v) is 6.42. The maximum absolute atomic E-state index is 5.84. The van der Waals surface area contributed by atoms with Gasteiger partial charge < -0.3 is 9.73 Å². The Morgan fingerprint density at radius 3 is 2.30 bits per heavy atom. The molecule has 0 aromatic carbocycles. The molecule has 4 bridgehead atoms. The second-order valence-electron chi connectivity index (χ2n) is 7.59. The number of nitrogens with one attached hydrogen (secondary N) is 1. The van der Waals surface area contributed by atoms with Crippen molar-refractivity contribution in [2.45, 2.75) is 58.0 Å². The number of rotatable bonds is 4. The van der Waals surface area contributed by atoms with Crippen LogP contribution in [-0.4, -0.2) is 6.04 Å². The van der Waals surface area contributed by atoms with E-state index in [4.69, 9.17) is 16.0 Å². The van der Waals surface area contributed by atoms with Gasteiger partial charge in [-0.05, 0) is 92.4 Å². The highest BCUT2D eigenvalue weighted by Gasteiger charge is 2.52. The Morgan fingerprint density at radius 1 is 1.20 bits per heavy atom. The first-order chi connectivity index (χ1) is 9.63. The highest BCUT2D eigenvalue weighted by Crippen LogP contribution is 2.61. The van der Waals surface area contributed by atoms with Crippen LogP contribution in [-0.2, 0) is 6.54 Å². The van der Waals surface area contributed by atoms with Crippen molar-refractivity contribution >= 4 is 11.6 Å². The summed E-state index contributed by atoms with van der Waals surface area (Å²) in [6, 6.07) is 4.38. The lowest BCUT2D eigenvalue weighted by Crippen LogP contribution is -2.54. The highest BCUT2D eigenvalue weighted by molar-refractivity contribution is 6.28. The highest BCUT2D eigenvalue weighted by atomic mass is 35.5. The molecular formula is C17H24ClNO. The van der Waals surface area contributed by atoms with E-state index in [9.17, 15) is 0 Å². The number of furan rings is 1. The first-order valence-electron chi connectivity index (χ1n) is 8.10. The van der Waals surface area contributed by atoms with Crippen molar-refractivity contribution in [2.24, 2.45) is 23.2 Å². The number of hydrogen-bond acceptors (Lipinski definition) is 2. The molecule has 1 aromatic rings. The summed E-state index contributed by atoms with van der Waals surface area (Å²) in [7, 11) is 0. The topological polar surface area (TPSA) is 25.2 Å². The third-order valence-electron chi connectivity index (χ3n) is 6.22. The summed E-state index contributed by atoms with van der Waals surface area (Å²) in [5.74, 6) is 4.00. The number of hydrogen-bond donors (Lipinski definition) is 1. The van der Waals surface area contributed by atoms with Gasteiger partial charge in [0.05, 0.1) is 6.54 Å². The Bertz CT molecular complexity index is 460. The van der Waals surface area contributed by atoms with Gasteiger partial charge in [-0.15, -0.1) is 0 Å². The van der Waals surface area contributed by atoms with E-state index in [-0.39, 0.29) is 0 Å². The molecule has 4 fully saturated rings. The zero-order valence-corrected chi connectivity index (χ0v) is 13.0. The number of halogens is 1. The molecule has 0 saturated heterocycles. The molecule has 4 aliphatic rings. The van der Waals surface area contributed by atoms with Crippen molar-refractivity contribution in [3.8, 4) is 0 Å². The Kier molecular flexibility index (Phi) is 3.15. The summed E-state index contributed by atoms with van der Waals surface area (Å²) in [4.78, 5) is 0. The SMILES string of the molecule is CC(NCc1ccc(Cl)o1)C12CC3CC(CC(C3)C1)C2. The molecule has 1 aromatic heterocycles. The standard InChI is InChI=1S/C17H24ClNO/c1-11(19-10-15-2-3-16(18)20-15)17-7-12-4-13(8-17)6-14(5-12)9-17/h2-3,11-14,19H,4-10H2,1H3. The summed E-state index contributed by atoms with van der Waals surface area (Å²) < 4.78 is 5.46. The summed E-state index contributed by atoms with van der Waals surface area (Å²) in [6.07, 6.45) is 8.89. The molecule has 0 radical (unpaired) electrons. The molecule has 0 spiro atoms. The van der Waals surface area contributed by atoms with Crippen molar-refractivity contribution in [1.82, 2.24) is 5.32 Å². The van der Waals surface area contributed by atoms with E-state index in [0.29, 0.717) is 16.7 Å². The molecule has 3 heteroatoms. The summed E-state index contributed by atoms with van der Waals surface area (Å²) >= 11 is 5.84. The minimum atomic E-state index is 0.490. The predicted molar refractivity (Wildman–Crippen MR) is 80.6 cm³/mol. The van der Waals surface area contributed by atoms with Gasteiger partial charge in [0.2, 0.25) is 0 Å². The predicted octanol–water partition coefficient (Wildman–Crippen LogP) is 4.63. The van der Waals surface area contributed by atoms with Gasteiger partial charge in [0.25, 0.3) is 0 Å². The Morgan fingerprint density at radius 2 is 1.80 bits per heavy atom. The minimum absolute atomic E-state index is 0.490. The zero-order valence-electron chi connectivity index (χ0n) is 12.2. The largest absolute Gasteiger partial charge is 0.448 e. The summed E-state index contributed by atoms with van der Waals surface area (Å²) in [5, 5.41) is 4.21. The Labute approximate surface area is 126 Å². The minimum Gasteiger partial charge on any atom is -0.448 e. The Balaban J connectivity index is 1.44. The molecule has 4 saturated carbocycles. The van der Waals surface area contributed by atoms with Crippen molar-refractivity contribution in [2.75, 3.05) is 0 Å². The van der Waals surface area contributed by atoms with Crippen LogP contribution < -0.4 is 5.32 Å². The molecular weight excluding hydrogens is 270 g/mol. The van der Waals surface area contributed by atoms with Gasteiger partial charge in [0.15, 0.2) is 5.22 Å². The van der Waals surface area contributed by atoms with Gasteiger partial charge in [-0.25, -0.2) is 0 Å². The van der Waals surface area contributed by atoms with Crippen molar-refractivity contribution in [3.63, 3.8) is 0 Å². The zero-order chi connectivity index (χ0) is 13.7. The molecule has 1 N–H and O–H groups in total. The van der Waals surface area contributed by atoms with E-state index in [1.807, 2.05) is 12.1 Å². The molecule has 2 nitrogen and oxygen atoms in total. The maximum Gasteiger partial charge on any atom is 0.193 e. The van der Waals surface area contributed by atoms with Crippen molar-refractivity contribution in [1.29, 1.82) is 0 Å². The molecule has 110 valence electrons. The van der Waals surface area contributed by atoms with Gasteiger partial charge in [0.1, 0.15) is 5.76 Å². The van der Waals surface area contributed by atoms with E-state index in [1.54, 1.807) is 0 Å². The summed E-state index contributed by atoms with van der Waals surface area (Å²) in [5.41, 5.74) is 0.561. The lowest BCUT2D eigenvalue weighted by atomic mass is 9.48. The van der Waals surface area contributed by atoms with E-state index in [0.717, 1.165) is 30.1 Å². The second kappa shape index (κ2) is 4.78. The summed E-state index contributed by atoms with van der Waals surface area (Å²) in [6.45, 7) is 3.19. The third kappa shape index (κ3) is 2.21. The molecule has 0 aliphatic heterocycles. The van der Waals surface area contributed by atoms with Gasteiger partial charge in [0, 0.05) is 6.04 Å². The first-order valence-corrected chi connectivity index (χ1v) is 8.48. The van der Waals surface area contributed by atoms with E-state index in [2.05, 4.69) is 12.2 Å². The van der Waals surface area contributed by atoms with E-state index >= 15 is 0 Å². The van der Waals surface area contributed by atoms with Crippen LogP contribution in [0.25, 0.3) is 0 Å². The van der Waals surface area contributed by atoms with Crippen LogP contribution >= 0.6 is 11.6 Å². The lowest BCUT2D eigenvalue weighted by molar-refractivity contribution is -0.0708. The fourth-order valence-corrected chi connectivity index (χ4v) is 5.79. The Hall–Kier alpha value is -0.470. The maximum atomic E-state index is 5.84. The van der Waals surface area contributed by atoms with Gasteiger partial charge >= 0.3 is 0 Å². The molecule has 4 aliphatic carbocycles. The van der Waals surface area contributed by atoms with Crippen LogP contribution in [0.5, 0.6) is 0 Å². The van der Waals surface area contributed by atoms with Gasteiger partial charge in [-0.2, -0.15) is 0 Å². The van der Waals surface area contributed by atoms with Crippen LogP contribution in [0.2, 0.25) is 5.22 Å². The average Bonchev–Trinajstić information content (AvgIpc) is 2.80. The first kappa shape index (κ1) is 13.2. The monoisotopic (exact) mass is 293 g/mol. The van der Waals surface area contributed by atoms with Crippen molar-refractivity contribution in [3.05, 3.63) is 23.1 Å². The molecule has 1 heterocycles. The molecule has 1 unspecified atom stereocenters. The smallest absolute Gasteiger partial charge is 0.193 e. The fraction of sp³-hybridized carbons (Fsp3) is 0.765. The van der Waals surface area contributed by atoms with Crippen LogP contribution in [0.4, 0.5) is 0 Å². The lowest BCUT2D eigenvalue weighted by Gasteiger charge is -2.59. The van der Waals surface area contributed by atoms with Crippen LogP contribution in [0.3, 0.4) is 0 Å². The fourth-order valence-electron chi connectivity index (χ4n) is 5.62. The quantitative estimate of drug-likeness (QED) is 0.876. The van der Waals surface area contributed by atoms with Crippen LogP contribution in [0, 0.1) is 23.2 Å². The van der Waals surface area contributed by atoms with Crippen molar-refractivity contribution < 1.29 is 4.42 Å². The van der Waals surface area contributed by atoms with Crippen LogP contribution in [0.1, 0.15) is 51.2 Å². The molecule has 20 heavy (non-hydrogen) atoms. The molecule has 5 rings (SSSR count). The second-order valence-corrected chi connectivity index (χ2v) is 7.96. The van der Waals surface area contributed by atoms with Gasteiger partial charge in [-0.3, -0.25) is 0 Å². The molecule has 1 atom stereocenters. The normalized spacial score (nSPS) is 40.2. The van der Waals surface area contributed by atoms with Crippen LogP contribution in [0.15, 0.2) is 16.5 Å². The van der Waals surface area contributed by atoms with E-state index < -0.39 is 0 Å². The molecule has 0 amide bonds. The van der Waals surface area contributed by atoms with E-state index in [1.165, 1.54) is 38.5 Å². The average molecular weight is 294 g/mol.